The van der Waals surface area contributed by atoms with Crippen molar-refractivity contribution in [2.24, 2.45) is 0 Å². The highest BCUT2D eigenvalue weighted by Gasteiger charge is 2.27. The van der Waals surface area contributed by atoms with Crippen molar-refractivity contribution in [3.05, 3.63) is 94.0 Å². The number of hydrogen-bond donors (Lipinski definition) is 1. The second-order valence-corrected chi connectivity index (χ2v) is 8.93. The molecule has 1 atom stereocenters. The second kappa shape index (κ2) is 9.00. The fourth-order valence-electron chi connectivity index (χ4n) is 3.73. The number of aryl methyl sites for hydroxylation is 2. The fourth-order valence-corrected chi connectivity index (χ4v) is 5.05. The number of carbonyl (C=O) groups excluding carboxylic acids is 1. The van der Waals surface area contributed by atoms with E-state index < -0.39 is 0 Å². The van der Waals surface area contributed by atoms with Crippen LogP contribution < -0.4 is 5.32 Å². The minimum absolute atomic E-state index is 0.0175. The van der Waals surface area contributed by atoms with E-state index in [4.69, 9.17) is 9.72 Å². The lowest BCUT2D eigenvalue weighted by molar-refractivity contribution is 0.0327. The summed E-state index contributed by atoms with van der Waals surface area (Å²) in [5.41, 5.74) is 4.50. The zero-order valence-electron chi connectivity index (χ0n) is 18.2. The Bertz CT molecular complexity index is 1200. The average Bonchev–Trinajstić information content (AvgIpc) is 3.11. The summed E-state index contributed by atoms with van der Waals surface area (Å²) < 4.78 is 6.38. The van der Waals surface area contributed by atoms with E-state index >= 15 is 0 Å². The molecular formula is C26H26N2O2S. The maximum atomic E-state index is 13.1. The molecule has 0 fully saturated rings. The molecule has 4 nitrogen and oxygen atoms in total. The SMILES string of the molecule is Cc1cc(C)c2c(NC(=O)c3ccccc3)c([C@H](OC(C)C)c3ccccc3)sc2n1. The molecule has 158 valence electrons. The third-order valence-corrected chi connectivity index (χ3v) is 6.16. The first kappa shape index (κ1) is 21.2. The summed E-state index contributed by atoms with van der Waals surface area (Å²) in [6.07, 6.45) is -0.282. The Kier molecular flexibility index (Phi) is 6.16. The Labute approximate surface area is 186 Å². The van der Waals surface area contributed by atoms with Crippen molar-refractivity contribution in [3.63, 3.8) is 0 Å². The second-order valence-electron chi connectivity index (χ2n) is 7.90. The van der Waals surface area contributed by atoms with E-state index in [9.17, 15) is 4.79 Å². The molecule has 0 saturated carbocycles. The van der Waals surface area contributed by atoms with E-state index in [0.29, 0.717) is 5.56 Å². The Morgan fingerprint density at radius 2 is 1.65 bits per heavy atom. The molecule has 5 heteroatoms. The van der Waals surface area contributed by atoms with Gasteiger partial charge in [0.05, 0.1) is 16.7 Å². The van der Waals surface area contributed by atoms with Gasteiger partial charge >= 0.3 is 0 Å². The molecule has 31 heavy (non-hydrogen) atoms. The van der Waals surface area contributed by atoms with Crippen molar-refractivity contribution >= 4 is 33.1 Å². The number of rotatable bonds is 6. The molecule has 0 radical (unpaired) electrons. The topological polar surface area (TPSA) is 51.2 Å². The number of nitrogens with one attached hydrogen (secondary N) is 1. The lowest BCUT2D eigenvalue weighted by Crippen LogP contribution is -2.16. The number of pyridine rings is 1. The minimum atomic E-state index is -0.300. The number of hydrogen-bond acceptors (Lipinski definition) is 4. The average molecular weight is 431 g/mol. The van der Waals surface area contributed by atoms with E-state index in [-0.39, 0.29) is 18.1 Å². The molecule has 1 amide bonds. The van der Waals surface area contributed by atoms with Gasteiger partial charge in [-0.05, 0) is 57.0 Å². The van der Waals surface area contributed by atoms with Gasteiger partial charge in [-0.25, -0.2) is 4.98 Å². The van der Waals surface area contributed by atoms with E-state index in [1.165, 1.54) is 0 Å². The molecule has 0 unspecified atom stereocenters. The number of fused-ring (bicyclic) bond motifs is 1. The molecule has 0 aliphatic carbocycles. The Morgan fingerprint density at radius 3 is 2.29 bits per heavy atom. The van der Waals surface area contributed by atoms with Gasteiger partial charge < -0.3 is 10.1 Å². The van der Waals surface area contributed by atoms with Crippen molar-refractivity contribution in [2.45, 2.75) is 39.9 Å². The van der Waals surface area contributed by atoms with E-state index in [2.05, 4.69) is 30.4 Å². The third kappa shape index (κ3) is 4.53. The molecule has 1 N–H and O–H groups in total. The number of amides is 1. The summed E-state index contributed by atoms with van der Waals surface area (Å²) in [6, 6.07) is 21.5. The first-order valence-electron chi connectivity index (χ1n) is 10.4. The molecule has 0 bridgehead atoms. The Hall–Kier alpha value is -3.02. The summed E-state index contributed by atoms with van der Waals surface area (Å²) >= 11 is 1.58. The summed E-state index contributed by atoms with van der Waals surface area (Å²) in [6.45, 7) is 8.11. The molecular weight excluding hydrogens is 404 g/mol. The number of benzene rings is 2. The zero-order chi connectivity index (χ0) is 22.0. The fraction of sp³-hybridized carbons (Fsp3) is 0.231. The molecule has 4 aromatic rings. The van der Waals surface area contributed by atoms with E-state index in [1.807, 2.05) is 69.3 Å². The normalized spacial score (nSPS) is 12.3. The molecule has 2 heterocycles. The van der Waals surface area contributed by atoms with Gasteiger partial charge in [0.15, 0.2) is 0 Å². The molecule has 2 aromatic carbocycles. The minimum Gasteiger partial charge on any atom is -0.365 e. The van der Waals surface area contributed by atoms with Crippen molar-refractivity contribution in [1.82, 2.24) is 4.98 Å². The van der Waals surface area contributed by atoms with Crippen LogP contribution in [0.4, 0.5) is 5.69 Å². The smallest absolute Gasteiger partial charge is 0.255 e. The largest absolute Gasteiger partial charge is 0.365 e. The first-order chi connectivity index (χ1) is 14.9. The van der Waals surface area contributed by atoms with Crippen LogP contribution in [0.5, 0.6) is 0 Å². The van der Waals surface area contributed by atoms with Crippen molar-refractivity contribution in [2.75, 3.05) is 5.32 Å². The van der Waals surface area contributed by atoms with Crippen LogP contribution in [0.1, 0.15) is 52.0 Å². The molecule has 2 aromatic heterocycles. The highest BCUT2D eigenvalue weighted by Crippen LogP contribution is 2.44. The maximum absolute atomic E-state index is 13.1. The monoisotopic (exact) mass is 430 g/mol. The van der Waals surface area contributed by atoms with Crippen LogP contribution in [-0.4, -0.2) is 17.0 Å². The van der Waals surface area contributed by atoms with Gasteiger partial charge in [-0.1, -0.05) is 48.5 Å². The highest BCUT2D eigenvalue weighted by molar-refractivity contribution is 7.19. The molecule has 0 saturated heterocycles. The molecule has 0 aliphatic rings. The number of nitrogens with zero attached hydrogens (tertiary/aromatic N) is 1. The van der Waals surface area contributed by atoms with Crippen LogP contribution in [0, 0.1) is 13.8 Å². The predicted octanol–water partition coefficient (Wildman–Crippen LogP) is 6.68. The Balaban J connectivity index is 1.90. The van der Waals surface area contributed by atoms with Crippen molar-refractivity contribution in [1.29, 1.82) is 0 Å². The quantitative estimate of drug-likeness (QED) is 0.371. The lowest BCUT2D eigenvalue weighted by Gasteiger charge is -2.21. The van der Waals surface area contributed by atoms with Crippen LogP contribution in [0.3, 0.4) is 0 Å². The summed E-state index contributed by atoms with van der Waals surface area (Å²) in [5.74, 6) is -0.141. The van der Waals surface area contributed by atoms with Gasteiger partial charge in [0, 0.05) is 16.6 Å². The highest BCUT2D eigenvalue weighted by atomic mass is 32.1. The number of thiophene rings is 1. The zero-order valence-corrected chi connectivity index (χ0v) is 19.0. The van der Waals surface area contributed by atoms with Crippen LogP contribution >= 0.6 is 11.3 Å². The summed E-state index contributed by atoms with van der Waals surface area (Å²) in [7, 11) is 0. The van der Waals surface area contributed by atoms with E-state index in [0.717, 1.165) is 37.6 Å². The van der Waals surface area contributed by atoms with Crippen LogP contribution in [0.15, 0.2) is 66.7 Å². The van der Waals surface area contributed by atoms with Crippen molar-refractivity contribution in [3.8, 4) is 0 Å². The molecule has 0 aliphatic heterocycles. The molecule has 4 rings (SSSR count). The van der Waals surface area contributed by atoms with Gasteiger partial charge in [0.1, 0.15) is 10.9 Å². The number of anilines is 1. The van der Waals surface area contributed by atoms with Crippen LogP contribution in [-0.2, 0) is 4.74 Å². The van der Waals surface area contributed by atoms with Gasteiger partial charge in [0.2, 0.25) is 0 Å². The standard InChI is InChI=1S/C26H26N2O2S/c1-16(2)30-23(19-11-7-5-8-12-19)24-22(28-25(29)20-13-9-6-10-14-20)21-17(3)15-18(4)27-26(21)31-24/h5-16,23H,1-4H3,(H,28,29)/t23-/m1/s1. The summed E-state index contributed by atoms with van der Waals surface area (Å²) in [5, 5.41) is 4.16. The van der Waals surface area contributed by atoms with Gasteiger partial charge in [-0.15, -0.1) is 11.3 Å². The predicted molar refractivity (Wildman–Crippen MR) is 128 cm³/mol. The molecule has 0 spiro atoms. The number of ether oxygens (including phenoxy) is 1. The maximum Gasteiger partial charge on any atom is 0.255 e. The third-order valence-electron chi connectivity index (χ3n) is 5.04. The number of aromatic nitrogens is 1. The van der Waals surface area contributed by atoms with Gasteiger partial charge in [-0.3, -0.25) is 4.79 Å². The summed E-state index contributed by atoms with van der Waals surface area (Å²) in [4.78, 5) is 19.7. The van der Waals surface area contributed by atoms with Crippen LogP contribution in [0.25, 0.3) is 10.2 Å². The van der Waals surface area contributed by atoms with Gasteiger partial charge in [0.25, 0.3) is 5.91 Å². The van der Waals surface area contributed by atoms with Gasteiger partial charge in [-0.2, -0.15) is 0 Å². The first-order valence-corrected chi connectivity index (χ1v) is 11.2. The van der Waals surface area contributed by atoms with Crippen molar-refractivity contribution < 1.29 is 9.53 Å². The number of carbonyl (C=O) groups is 1. The Morgan fingerprint density at radius 1 is 1.00 bits per heavy atom. The van der Waals surface area contributed by atoms with Crippen LogP contribution in [0.2, 0.25) is 0 Å². The van der Waals surface area contributed by atoms with E-state index in [1.54, 1.807) is 11.3 Å². The lowest BCUT2D eigenvalue weighted by atomic mass is 10.0.